The second-order valence-corrected chi connectivity index (χ2v) is 5.61. The number of hydrogen-bond acceptors (Lipinski definition) is 3. The number of nitrogens with zero attached hydrogens (tertiary/aromatic N) is 1. The molecule has 1 fully saturated rings. The molecule has 1 amide bonds. The average Bonchev–Trinajstić information content (AvgIpc) is 2.44. The van der Waals surface area contributed by atoms with Crippen LogP contribution in [0.5, 0.6) is 0 Å². The minimum atomic E-state index is 0.191. The van der Waals surface area contributed by atoms with E-state index in [2.05, 4.69) is 17.3 Å². The molecule has 0 radical (unpaired) electrons. The Hall–Kier alpha value is -0.610. The predicted octanol–water partition coefficient (Wildman–Crippen LogP) is 2.18. The number of hydrogen-bond donors (Lipinski definition) is 1. The van der Waals surface area contributed by atoms with Gasteiger partial charge in [0.25, 0.3) is 0 Å². The van der Waals surface area contributed by atoms with E-state index in [1.807, 2.05) is 6.92 Å². The topological polar surface area (TPSA) is 41.6 Å². The summed E-state index contributed by atoms with van der Waals surface area (Å²) in [6.45, 7) is 3.93. The summed E-state index contributed by atoms with van der Waals surface area (Å²) in [7, 11) is 3.98. The molecule has 0 aromatic heterocycles. The summed E-state index contributed by atoms with van der Waals surface area (Å²) in [5.41, 5.74) is 0. The summed E-state index contributed by atoms with van der Waals surface area (Å²) < 4.78 is 5.07. The highest BCUT2D eigenvalue weighted by molar-refractivity contribution is 5.75. The number of nitrogens with one attached hydrogen (secondary N) is 1. The smallest absolute Gasteiger partial charge is 0.219 e. The lowest BCUT2D eigenvalue weighted by Gasteiger charge is -2.35. The molecule has 0 aromatic rings. The number of amides is 1. The fourth-order valence-corrected chi connectivity index (χ4v) is 2.78. The first kappa shape index (κ1) is 16.4. The van der Waals surface area contributed by atoms with Gasteiger partial charge in [0.05, 0.1) is 0 Å². The van der Waals surface area contributed by atoms with Gasteiger partial charge in [-0.3, -0.25) is 4.79 Å². The van der Waals surface area contributed by atoms with E-state index in [9.17, 15) is 4.79 Å². The van der Waals surface area contributed by atoms with E-state index in [1.54, 1.807) is 7.11 Å². The molecule has 1 N–H and O–H groups in total. The molecule has 1 saturated carbocycles. The number of rotatable bonds is 8. The lowest BCUT2D eigenvalue weighted by atomic mass is 9.90. The molecular formula is C15H30N2O2. The van der Waals surface area contributed by atoms with Gasteiger partial charge in [0.2, 0.25) is 5.91 Å². The summed E-state index contributed by atoms with van der Waals surface area (Å²) in [5.74, 6) is 0.191. The van der Waals surface area contributed by atoms with Gasteiger partial charge in [-0.25, -0.2) is 0 Å². The molecule has 112 valence electrons. The average molecular weight is 270 g/mol. The van der Waals surface area contributed by atoms with Crippen molar-refractivity contribution in [3.63, 3.8) is 0 Å². The molecule has 0 bridgehead atoms. The van der Waals surface area contributed by atoms with Crippen LogP contribution in [0.15, 0.2) is 0 Å². The van der Waals surface area contributed by atoms with Crippen LogP contribution in [0.25, 0.3) is 0 Å². The van der Waals surface area contributed by atoms with Crippen molar-refractivity contribution in [3.8, 4) is 0 Å². The Morgan fingerprint density at radius 2 is 1.95 bits per heavy atom. The highest BCUT2D eigenvalue weighted by Gasteiger charge is 2.24. The van der Waals surface area contributed by atoms with Gasteiger partial charge in [0.15, 0.2) is 0 Å². The summed E-state index contributed by atoms with van der Waals surface area (Å²) in [5, 5.41) is 3.11. The molecule has 0 heterocycles. The maximum absolute atomic E-state index is 11.4. The van der Waals surface area contributed by atoms with E-state index in [4.69, 9.17) is 4.74 Å². The van der Waals surface area contributed by atoms with Crippen molar-refractivity contribution >= 4 is 5.91 Å². The van der Waals surface area contributed by atoms with Gasteiger partial charge in [-0.1, -0.05) is 6.92 Å². The van der Waals surface area contributed by atoms with Gasteiger partial charge >= 0.3 is 0 Å². The largest absolute Gasteiger partial charge is 0.385 e. The Kier molecular flexibility index (Phi) is 8.07. The molecule has 4 nitrogen and oxygen atoms in total. The van der Waals surface area contributed by atoms with Crippen molar-refractivity contribution in [2.24, 2.45) is 0 Å². The third-order valence-electron chi connectivity index (χ3n) is 4.12. The summed E-state index contributed by atoms with van der Waals surface area (Å²) in [6.07, 6.45) is 7.60. The molecule has 0 spiro atoms. The highest BCUT2D eigenvalue weighted by Crippen LogP contribution is 2.22. The molecule has 0 aromatic carbocycles. The summed E-state index contributed by atoms with van der Waals surface area (Å²) in [4.78, 5) is 13.8. The minimum absolute atomic E-state index is 0.191. The second-order valence-electron chi connectivity index (χ2n) is 5.61. The zero-order valence-corrected chi connectivity index (χ0v) is 12.8. The van der Waals surface area contributed by atoms with Crippen molar-refractivity contribution in [2.75, 3.05) is 27.3 Å². The van der Waals surface area contributed by atoms with Gasteiger partial charge in [0.1, 0.15) is 0 Å². The van der Waals surface area contributed by atoms with Crippen LogP contribution in [-0.2, 0) is 9.53 Å². The first-order chi connectivity index (χ1) is 9.17. The number of carbonyl (C=O) groups excluding carboxylic acids is 1. The molecule has 0 atom stereocenters. The highest BCUT2D eigenvalue weighted by atomic mass is 16.5. The molecular weight excluding hydrogens is 240 g/mol. The van der Waals surface area contributed by atoms with Crippen molar-refractivity contribution in [1.82, 2.24) is 10.2 Å². The zero-order chi connectivity index (χ0) is 14.1. The van der Waals surface area contributed by atoms with E-state index < -0.39 is 0 Å². The lowest BCUT2D eigenvalue weighted by Crippen LogP contribution is -2.42. The second kappa shape index (κ2) is 9.32. The fraction of sp³-hybridized carbons (Fsp3) is 0.933. The molecule has 4 heteroatoms. The van der Waals surface area contributed by atoms with Gasteiger partial charge in [-0.15, -0.1) is 0 Å². The van der Waals surface area contributed by atoms with E-state index >= 15 is 0 Å². The van der Waals surface area contributed by atoms with Crippen LogP contribution in [-0.4, -0.2) is 50.2 Å². The fourth-order valence-electron chi connectivity index (χ4n) is 2.78. The van der Waals surface area contributed by atoms with Crippen LogP contribution in [0.3, 0.4) is 0 Å². The van der Waals surface area contributed by atoms with Crippen molar-refractivity contribution in [1.29, 1.82) is 0 Å². The molecule has 0 unspecified atom stereocenters. The van der Waals surface area contributed by atoms with Crippen LogP contribution in [0.1, 0.15) is 51.9 Å². The molecule has 19 heavy (non-hydrogen) atoms. The predicted molar refractivity (Wildman–Crippen MR) is 78.2 cm³/mol. The molecule has 1 rings (SSSR count). The van der Waals surface area contributed by atoms with E-state index in [0.29, 0.717) is 18.5 Å². The first-order valence-corrected chi connectivity index (χ1v) is 7.66. The van der Waals surface area contributed by atoms with Crippen LogP contribution in [0.4, 0.5) is 0 Å². The molecule has 0 aliphatic heterocycles. The minimum Gasteiger partial charge on any atom is -0.385 e. The van der Waals surface area contributed by atoms with E-state index in [0.717, 1.165) is 32.4 Å². The van der Waals surface area contributed by atoms with Gasteiger partial charge < -0.3 is 15.0 Å². The number of methoxy groups -OCH3 is 1. The van der Waals surface area contributed by atoms with Crippen LogP contribution in [0.2, 0.25) is 0 Å². The van der Waals surface area contributed by atoms with E-state index in [-0.39, 0.29) is 5.91 Å². The maximum Gasteiger partial charge on any atom is 0.219 e. The molecule has 0 saturated heterocycles. The Morgan fingerprint density at radius 3 is 2.53 bits per heavy atom. The molecule has 1 aliphatic carbocycles. The van der Waals surface area contributed by atoms with Crippen molar-refractivity contribution < 1.29 is 9.53 Å². The number of unbranched alkanes of at least 4 members (excludes halogenated alkanes) is 1. The van der Waals surface area contributed by atoms with Crippen LogP contribution >= 0.6 is 0 Å². The third-order valence-corrected chi connectivity index (χ3v) is 4.12. The van der Waals surface area contributed by atoms with Crippen molar-refractivity contribution in [3.05, 3.63) is 0 Å². The first-order valence-electron chi connectivity index (χ1n) is 7.66. The van der Waals surface area contributed by atoms with Crippen LogP contribution in [0, 0.1) is 0 Å². The normalized spacial score (nSPS) is 23.6. The van der Waals surface area contributed by atoms with Gasteiger partial charge in [-0.05, 0) is 52.1 Å². The Labute approximate surface area is 117 Å². The zero-order valence-electron chi connectivity index (χ0n) is 12.8. The quantitative estimate of drug-likeness (QED) is 0.687. The summed E-state index contributed by atoms with van der Waals surface area (Å²) in [6, 6.07) is 1.10. The Bertz CT molecular complexity index is 251. The third kappa shape index (κ3) is 6.39. The number of carbonyl (C=O) groups is 1. The maximum atomic E-state index is 11.4. The summed E-state index contributed by atoms with van der Waals surface area (Å²) >= 11 is 0. The Balaban J connectivity index is 2.16. The standard InChI is InChI=1S/C15H30N2O2/c1-4-15(18)16-13-7-9-14(10-8-13)17(2)11-5-6-12-19-3/h13-14H,4-12H2,1-3H3,(H,16,18). The van der Waals surface area contributed by atoms with Gasteiger partial charge in [-0.2, -0.15) is 0 Å². The van der Waals surface area contributed by atoms with Crippen LogP contribution < -0.4 is 5.32 Å². The number of ether oxygens (including phenoxy) is 1. The van der Waals surface area contributed by atoms with Gasteiger partial charge in [0, 0.05) is 32.2 Å². The monoisotopic (exact) mass is 270 g/mol. The SMILES string of the molecule is CCC(=O)NC1CCC(N(C)CCCCOC)CC1. The molecule has 1 aliphatic rings. The lowest BCUT2D eigenvalue weighted by molar-refractivity contribution is -0.121. The Morgan fingerprint density at radius 1 is 1.26 bits per heavy atom. The van der Waals surface area contributed by atoms with Crippen molar-refractivity contribution in [2.45, 2.75) is 64.0 Å². The van der Waals surface area contributed by atoms with E-state index in [1.165, 1.54) is 19.3 Å².